The number of rotatable bonds is 3. The molecule has 0 radical (unpaired) electrons. The van der Waals surface area contributed by atoms with Gasteiger partial charge in [0, 0.05) is 42.6 Å². The van der Waals surface area contributed by atoms with Crippen molar-refractivity contribution in [2.75, 3.05) is 18.0 Å². The maximum atomic E-state index is 6.35. The first-order valence-electron chi connectivity index (χ1n) is 8.99. The predicted octanol–water partition coefficient (Wildman–Crippen LogP) is 4.50. The highest BCUT2D eigenvalue weighted by molar-refractivity contribution is 7.99. The number of nitrogens with zero attached hydrogens (tertiary/aromatic N) is 4. The highest BCUT2D eigenvalue weighted by Gasteiger charge is 2.47. The summed E-state index contributed by atoms with van der Waals surface area (Å²) in [5.41, 5.74) is 7.30. The molecular formula is C19H19Cl2N5S. The largest absolute Gasteiger partial charge is 0.341 e. The smallest absolute Gasteiger partial charge is 0.211 e. The number of aromatic nitrogens is 3. The highest BCUT2D eigenvalue weighted by Crippen LogP contribution is 2.48. The zero-order valence-corrected chi connectivity index (χ0v) is 16.9. The minimum absolute atomic E-state index is 0.368. The molecule has 140 valence electrons. The molecule has 8 heteroatoms. The van der Waals surface area contributed by atoms with Gasteiger partial charge >= 0.3 is 0 Å². The zero-order valence-electron chi connectivity index (χ0n) is 14.6. The molecule has 5 nitrogen and oxygen atoms in total. The molecule has 1 saturated heterocycles. The summed E-state index contributed by atoms with van der Waals surface area (Å²) >= 11 is 14.0. The minimum atomic E-state index is 0.368. The van der Waals surface area contributed by atoms with Gasteiger partial charge in [-0.3, -0.25) is 4.40 Å². The average molecular weight is 420 g/mol. The Morgan fingerprint density at radius 1 is 1.19 bits per heavy atom. The lowest BCUT2D eigenvalue weighted by Crippen LogP contribution is -2.47. The average Bonchev–Trinajstić information content (AvgIpc) is 3.27. The van der Waals surface area contributed by atoms with Gasteiger partial charge in [-0.05, 0) is 36.8 Å². The van der Waals surface area contributed by atoms with Gasteiger partial charge < -0.3 is 10.6 Å². The second-order valence-corrected chi connectivity index (χ2v) is 9.41. The Bertz CT molecular complexity index is 1010. The fraction of sp³-hybridized carbons (Fsp3) is 0.368. The van der Waals surface area contributed by atoms with Crippen LogP contribution in [0.4, 0.5) is 5.95 Å². The van der Waals surface area contributed by atoms with E-state index in [9.17, 15) is 0 Å². The fourth-order valence-electron chi connectivity index (χ4n) is 4.36. The Labute approximate surface area is 171 Å². The number of benzene rings is 1. The van der Waals surface area contributed by atoms with Gasteiger partial charge in [0.25, 0.3) is 0 Å². The van der Waals surface area contributed by atoms with Gasteiger partial charge in [-0.2, -0.15) is 0 Å². The lowest BCUT2D eigenvalue weighted by Gasteiger charge is -2.43. The van der Waals surface area contributed by atoms with Crippen molar-refractivity contribution in [3.63, 3.8) is 0 Å². The normalized spacial score (nSPS) is 24.7. The number of nitrogens with two attached hydrogens (primary N) is 1. The second kappa shape index (κ2) is 6.55. The van der Waals surface area contributed by atoms with Crippen molar-refractivity contribution in [3.05, 3.63) is 46.8 Å². The summed E-state index contributed by atoms with van der Waals surface area (Å²) in [6, 6.07) is 6.01. The third-order valence-electron chi connectivity index (χ3n) is 5.62. The summed E-state index contributed by atoms with van der Waals surface area (Å²) in [4.78, 5) is 13.5. The Morgan fingerprint density at radius 3 is 2.85 bits per heavy atom. The molecule has 1 saturated carbocycles. The first kappa shape index (κ1) is 17.6. The predicted molar refractivity (Wildman–Crippen MR) is 110 cm³/mol. The summed E-state index contributed by atoms with van der Waals surface area (Å²) in [5.74, 6) is 0.946. The molecular weight excluding hydrogens is 401 g/mol. The van der Waals surface area contributed by atoms with Crippen molar-refractivity contribution in [3.8, 4) is 0 Å². The van der Waals surface area contributed by atoms with Gasteiger partial charge in [0.2, 0.25) is 5.95 Å². The van der Waals surface area contributed by atoms with Crippen LogP contribution in [0.15, 0.2) is 46.6 Å². The van der Waals surface area contributed by atoms with E-state index in [-0.39, 0.29) is 0 Å². The van der Waals surface area contributed by atoms with Crippen LogP contribution in [-0.4, -0.2) is 33.5 Å². The minimum Gasteiger partial charge on any atom is -0.341 e. The molecule has 0 unspecified atom stereocenters. The van der Waals surface area contributed by atoms with Crippen molar-refractivity contribution in [1.82, 2.24) is 14.4 Å². The van der Waals surface area contributed by atoms with Crippen molar-refractivity contribution in [2.24, 2.45) is 11.1 Å². The SMILES string of the molecule is NC1CC2(CCN(c3ncc(Sc4cccc(Cl)c4Cl)c4nccn34)C2)C1. The Kier molecular flexibility index (Phi) is 4.27. The molecule has 27 heavy (non-hydrogen) atoms. The number of imidazole rings is 1. The van der Waals surface area contributed by atoms with Crippen LogP contribution in [0.3, 0.4) is 0 Å². The van der Waals surface area contributed by atoms with E-state index in [2.05, 4.69) is 14.3 Å². The molecule has 3 aromatic rings. The van der Waals surface area contributed by atoms with Gasteiger partial charge in [0.05, 0.1) is 14.9 Å². The Hall–Kier alpha value is -1.47. The zero-order chi connectivity index (χ0) is 18.6. The summed E-state index contributed by atoms with van der Waals surface area (Å²) in [7, 11) is 0. The van der Waals surface area contributed by atoms with Crippen LogP contribution in [0.1, 0.15) is 19.3 Å². The van der Waals surface area contributed by atoms with Gasteiger partial charge in [-0.25, -0.2) is 9.97 Å². The lowest BCUT2D eigenvalue weighted by molar-refractivity contribution is 0.132. The fourth-order valence-corrected chi connectivity index (χ4v) is 5.77. The van der Waals surface area contributed by atoms with E-state index >= 15 is 0 Å². The van der Waals surface area contributed by atoms with Gasteiger partial charge in [-0.1, -0.05) is 41.0 Å². The van der Waals surface area contributed by atoms with Crippen LogP contribution in [-0.2, 0) is 0 Å². The molecule has 0 bridgehead atoms. The molecule has 2 aliphatic rings. The van der Waals surface area contributed by atoms with Crippen molar-refractivity contribution in [2.45, 2.75) is 35.1 Å². The monoisotopic (exact) mass is 419 g/mol. The lowest BCUT2D eigenvalue weighted by atomic mass is 9.65. The van der Waals surface area contributed by atoms with Gasteiger partial charge in [0.1, 0.15) is 0 Å². The maximum Gasteiger partial charge on any atom is 0.211 e. The molecule has 1 aliphatic heterocycles. The first-order valence-corrected chi connectivity index (χ1v) is 10.6. The highest BCUT2D eigenvalue weighted by atomic mass is 35.5. The van der Waals surface area contributed by atoms with E-state index in [4.69, 9.17) is 33.9 Å². The van der Waals surface area contributed by atoms with E-state index < -0.39 is 0 Å². The third-order valence-corrected chi connectivity index (χ3v) is 7.62. The molecule has 0 amide bonds. The standard InChI is InChI=1S/C19H19Cl2N5S/c20-13-2-1-3-14(16(13)21)27-15-10-24-18(26-7-5-23-17(15)26)25-6-4-19(11-25)8-12(22)9-19/h1-3,5,7,10,12H,4,6,8-9,11,22H2. The molecule has 1 aliphatic carbocycles. The van der Waals surface area contributed by atoms with Crippen molar-refractivity contribution >= 4 is 46.6 Å². The Balaban J connectivity index is 1.47. The van der Waals surface area contributed by atoms with E-state index in [0.717, 1.165) is 47.3 Å². The molecule has 5 rings (SSSR count). The number of anilines is 1. The van der Waals surface area contributed by atoms with Gasteiger partial charge in [-0.15, -0.1) is 0 Å². The quantitative estimate of drug-likeness (QED) is 0.676. The number of hydrogen-bond acceptors (Lipinski definition) is 5. The van der Waals surface area contributed by atoms with Crippen LogP contribution < -0.4 is 10.6 Å². The van der Waals surface area contributed by atoms with Crippen LogP contribution in [0, 0.1) is 5.41 Å². The molecule has 1 aromatic carbocycles. The first-order chi connectivity index (χ1) is 13.0. The summed E-state index contributed by atoms with van der Waals surface area (Å²) in [5, 5.41) is 1.10. The molecule has 2 fully saturated rings. The number of fused-ring (bicyclic) bond motifs is 1. The summed E-state index contributed by atoms with van der Waals surface area (Å²) < 4.78 is 2.07. The van der Waals surface area contributed by atoms with E-state index in [0.29, 0.717) is 21.5 Å². The van der Waals surface area contributed by atoms with Crippen LogP contribution in [0.5, 0.6) is 0 Å². The van der Waals surface area contributed by atoms with Crippen molar-refractivity contribution in [1.29, 1.82) is 0 Å². The molecule has 2 N–H and O–H groups in total. The topological polar surface area (TPSA) is 59.5 Å². The van der Waals surface area contributed by atoms with Crippen LogP contribution in [0.25, 0.3) is 5.65 Å². The molecule has 0 atom stereocenters. The van der Waals surface area contributed by atoms with E-state index in [1.165, 1.54) is 18.2 Å². The molecule has 3 heterocycles. The number of hydrogen-bond donors (Lipinski definition) is 1. The van der Waals surface area contributed by atoms with E-state index in [1.807, 2.05) is 30.7 Å². The summed E-state index contributed by atoms with van der Waals surface area (Å²) in [6.07, 6.45) is 9.11. The summed E-state index contributed by atoms with van der Waals surface area (Å²) in [6.45, 7) is 2.03. The molecule has 1 spiro atoms. The van der Waals surface area contributed by atoms with E-state index in [1.54, 1.807) is 6.07 Å². The number of halogens is 2. The Morgan fingerprint density at radius 2 is 2.04 bits per heavy atom. The molecule has 2 aromatic heterocycles. The van der Waals surface area contributed by atoms with Crippen molar-refractivity contribution < 1.29 is 0 Å². The van der Waals surface area contributed by atoms with Crippen LogP contribution in [0.2, 0.25) is 10.0 Å². The van der Waals surface area contributed by atoms with Crippen LogP contribution >= 0.6 is 35.0 Å². The maximum absolute atomic E-state index is 6.35. The second-order valence-electron chi connectivity index (χ2n) is 7.54. The van der Waals surface area contributed by atoms with Gasteiger partial charge in [0.15, 0.2) is 5.65 Å². The third kappa shape index (κ3) is 2.99.